The topological polar surface area (TPSA) is 120 Å². The summed E-state index contributed by atoms with van der Waals surface area (Å²) in [4.78, 5) is 18.4. The highest BCUT2D eigenvalue weighted by Gasteiger charge is 2.31. The number of benzene rings is 1. The van der Waals surface area contributed by atoms with E-state index in [1.54, 1.807) is 14.1 Å². The first kappa shape index (κ1) is 21.8. The van der Waals surface area contributed by atoms with Crippen molar-refractivity contribution < 1.29 is 5.11 Å². The maximum Gasteiger partial charge on any atom is 0.226 e. The molecule has 2 heterocycles. The van der Waals surface area contributed by atoms with Gasteiger partial charge < -0.3 is 26.4 Å². The van der Waals surface area contributed by atoms with Crippen LogP contribution in [0.4, 0.5) is 23.5 Å². The molecule has 0 saturated heterocycles. The largest absolute Gasteiger partial charge is 0.390 e. The van der Waals surface area contributed by atoms with Crippen molar-refractivity contribution in [1.29, 1.82) is 0 Å². The van der Waals surface area contributed by atoms with Gasteiger partial charge in [0.2, 0.25) is 11.9 Å². The van der Waals surface area contributed by atoms with E-state index in [0.29, 0.717) is 41.0 Å². The highest BCUT2D eigenvalue weighted by atomic mass is 35.5. The molecule has 4 rings (SSSR count). The van der Waals surface area contributed by atoms with Gasteiger partial charge in [-0.25, -0.2) is 9.97 Å². The number of aliphatic hydroxyl groups is 1. The molecule has 2 aromatic heterocycles. The number of hydrogen-bond donors (Lipinski definition) is 5. The van der Waals surface area contributed by atoms with Crippen molar-refractivity contribution >= 4 is 47.0 Å². The predicted molar refractivity (Wildman–Crippen MR) is 123 cm³/mol. The second-order valence-electron chi connectivity index (χ2n) is 7.01. The zero-order chi connectivity index (χ0) is 20.4. The Morgan fingerprint density at radius 3 is 2.27 bits per heavy atom. The molecule has 10 heteroatoms. The number of aromatic nitrogens is 4. The van der Waals surface area contributed by atoms with Gasteiger partial charge in [0.05, 0.1) is 12.1 Å². The summed E-state index contributed by atoms with van der Waals surface area (Å²) in [5, 5.41) is 23.3. The molecular formula is C20H27ClN8O. The smallest absolute Gasteiger partial charge is 0.226 e. The third-order valence-corrected chi connectivity index (χ3v) is 5.04. The molecule has 0 saturated carbocycles. The van der Waals surface area contributed by atoms with Crippen LogP contribution in [0.25, 0.3) is 11.0 Å². The molecule has 0 unspecified atom stereocenters. The molecule has 0 spiro atoms. The Labute approximate surface area is 181 Å². The standard InChI is InChI=1S/C20H26N8O.ClH/c1-4-9-23-19-25-15-16(17(21-2)27-19)26-20(28-18(15)22-3)24-14-12-8-6-5-7-11(12)10-13(14)29;/h5-8,13-14,29H,4,9-10H2,1-3H3,(H2,21,23,25,27)(H2,22,24,26,28);1H/t13-,14-;/m0./s1. The van der Waals surface area contributed by atoms with Crippen LogP contribution in [0.1, 0.15) is 30.5 Å². The lowest BCUT2D eigenvalue weighted by molar-refractivity contribution is 0.165. The van der Waals surface area contributed by atoms with E-state index in [4.69, 9.17) is 0 Å². The van der Waals surface area contributed by atoms with Gasteiger partial charge >= 0.3 is 0 Å². The fourth-order valence-electron chi connectivity index (χ4n) is 3.63. The molecule has 1 aliphatic rings. The Morgan fingerprint density at radius 1 is 0.967 bits per heavy atom. The molecule has 1 aliphatic carbocycles. The number of aliphatic hydroxyl groups excluding tert-OH is 1. The minimum Gasteiger partial charge on any atom is -0.390 e. The van der Waals surface area contributed by atoms with Crippen LogP contribution in [-0.4, -0.2) is 51.8 Å². The normalized spacial score (nSPS) is 17.2. The Morgan fingerprint density at radius 2 is 1.60 bits per heavy atom. The van der Waals surface area contributed by atoms with Crippen molar-refractivity contribution in [1.82, 2.24) is 19.9 Å². The first-order chi connectivity index (χ1) is 14.1. The van der Waals surface area contributed by atoms with Crippen LogP contribution >= 0.6 is 12.4 Å². The Balaban J connectivity index is 0.00000256. The lowest BCUT2D eigenvalue weighted by atomic mass is 10.1. The monoisotopic (exact) mass is 430 g/mol. The molecule has 2 atom stereocenters. The molecule has 30 heavy (non-hydrogen) atoms. The van der Waals surface area contributed by atoms with E-state index in [1.807, 2.05) is 24.3 Å². The van der Waals surface area contributed by atoms with Gasteiger partial charge in [-0.2, -0.15) is 9.97 Å². The van der Waals surface area contributed by atoms with E-state index in [-0.39, 0.29) is 18.4 Å². The Bertz CT molecular complexity index is 1030. The average Bonchev–Trinajstić information content (AvgIpc) is 3.06. The van der Waals surface area contributed by atoms with E-state index < -0.39 is 6.10 Å². The second-order valence-corrected chi connectivity index (χ2v) is 7.01. The number of rotatable bonds is 7. The average molecular weight is 431 g/mol. The summed E-state index contributed by atoms with van der Waals surface area (Å²) in [6, 6.07) is 7.76. The minimum absolute atomic E-state index is 0. The molecule has 1 aromatic carbocycles. The zero-order valence-corrected chi connectivity index (χ0v) is 18.0. The molecule has 3 aromatic rings. The predicted octanol–water partition coefficient (Wildman–Crippen LogP) is 2.82. The minimum atomic E-state index is -0.537. The zero-order valence-electron chi connectivity index (χ0n) is 17.2. The first-order valence-electron chi connectivity index (χ1n) is 9.86. The number of fused-ring (bicyclic) bond motifs is 2. The number of hydrogen-bond acceptors (Lipinski definition) is 9. The summed E-state index contributed by atoms with van der Waals surface area (Å²) in [6.07, 6.45) is 1.04. The second kappa shape index (κ2) is 9.27. The van der Waals surface area contributed by atoms with Gasteiger partial charge in [-0.3, -0.25) is 0 Å². The van der Waals surface area contributed by atoms with Crippen LogP contribution in [0, 0.1) is 0 Å². The summed E-state index contributed by atoms with van der Waals surface area (Å²) < 4.78 is 0. The van der Waals surface area contributed by atoms with E-state index in [2.05, 4.69) is 48.1 Å². The van der Waals surface area contributed by atoms with E-state index in [0.717, 1.165) is 24.1 Å². The third-order valence-electron chi connectivity index (χ3n) is 5.04. The van der Waals surface area contributed by atoms with Gasteiger partial charge in [0.1, 0.15) is 11.0 Å². The molecule has 0 aliphatic heterocycles. The van der Waals surface area contributed by atoms with Crippen molar-refractivity contribution in [2.75, 3.05) is 41.9 Å². The van der Waals surface area contributed by atoms with Gasteiger partial charge in [0.25, 0.3) is 0 Å². The highest BCUT2D eigenvalue weighted by Crippen LogP contribution is 2.34. The van der Waals surface area contributed by atoms with Crippen LogP contribution in [-0.2, 0) is 6.42 Å². The van der Waals surface area contributed by atoms with Gasteiger partial charge in [0.15, 0.2) is 11.6 Å². The first-order valence-corrected chi connectivity index (χ1v) is 9.86. The van der Waals surface area contributed by atoms with Crippen molar-refractivity contribution in [2.24, 2.45) is 0 Å². The summed E-state index contributed by atoms with van der Waals surface area (Å²) >= 11 is 0. The van der Waals surface area contributed by atoms with E-state index in [9.17, 15) is 5.11 Å². The number of halogens is 1. The maximum atomic E-state index is 10.6. The van der Waals surface area contributed by atoms with Crippen LogP contribution in [0.5, 0.6) is 0 Å². The lowest BCUT2D eigenvalue weighted by Gasteiger charge is -2.19. The fourth-order valence-corrected chi connectivity index (χ4v) is 3.63. The summed E-state index contributed by atoms with van der Waals surface area (Å²) in [5.74, 6) is 2.15. The third kappa shape index (κ3) is 4.03. The summed E-state index contributed by atoms with van der Waals surface area (Å²) in [6.45, 7) is 2.87. The summed E-state index contributed by atoms with van der Waals surface area (Å²) in [7, 11) is 3.60. The quantitative estimate of drug-likeness (QED) is 0.385. The van der Waals surface area contributed by atoms with Gasteiger partial charge in [-0.1, -0.05) is 31.2 Å². The maximum absolute atomic E-state index is 10.6. The van der Waals surface area contributed by atoms with Crippen molar-refractivity contribution in [3.8, 4) is 0 Å². The van der Waals surface area contributed by atoms with Crippen LogP contribution in [0.3, 0.4) is 0 Å². The molecule has 5 N–H and O–H groups in total. The highest BCUT2D eigenvalue weighted by molar-refractivity contribution is 5.94. The molecule has 160 valence electrons. The molecule has 0 bridgehead atoms. The lowest BCUT2D eigenvalue weighted by Crippen LogP contribution is -2.22. The molecule has 0 radical (unpaired) electrons. The van der Waals surface area contributed by atoms with Crippen molar-refractivity contribution in [2.45, 2.75) is 31.9 Å². The van der Waals surface area contributed by atoms with E-state index in [1.165, 1.54) is 0 Å². The number of anilines is 4. The van der Waals surface area contributed by atoms with Crippen LogP contribution in [0.2, 0.25) is 0 Å². The fraction of sp³-hybridized carbons (Fsp3) is 0.400. The summed E-state index contributed by atoms with van der Waals surface area (Å²) in [5.41, 5.74) is 3.44. The van der Waals surface area contributed by atoms with Crippen LogP contribution in [0.15, 0.2) is 24.3 Å². The van der Waals surface area contributed by atoms with Crippen LogP contribution < -0.4 is 21.3 Å². The van der Waals surface area contributed by atoms with Gasteiger partial charge in [-0.15, -0.1) is 12.4 Å². The SMILES string of the molecule is CCCNc1nc(NC)c2nc(N[C@H]3c4ccccc4C[C@@H]3O)nc(NC)c2n1.Cl. The molecule has 0 amide bonds. The molecular weight excluding hydrogens is 404 g/mol. The number of nitrogens with zero attached hydrogens (tertiary/aromatic N) is 4. The van der Waals surface area contributed by atoms with E-state index >= 15 is 0 Å². The molecule has 9 nitrogen and oxygen atoms in total. The Hall–Kier alpha value is -2.91. The van der Waals surface area contributed by atoms with Gasteiger partial charge in [0, 0.05) is 27.1 Å². The Kier molecular flexibility index (Phi) is 6.73. The molecule has 0 fully saturated rings. The van der Waals surface area contributed by atoms with Gasteiger partial charge in [-0.05, 0) is 17.5 Å². The van der Waals surface area contributed by atoms with Crippen molar-refractivity contribution in [3.63, 3.8) is 0 Å². The number of nitrogens with one attached hydrogen (secondary N) is 4. The van der Waals surface area contributed by atoms with Crippen molar-refractivity contribution in [3.05, 3.63) is 35.4 Å².